The second-order valence-corrected chi connectivity index (χ2v) is 8.09. The highest BCUT2D eigenvalue weighted by molar-refractivity contribution is 7.15. The Labute approximate surface area is 133 Å². The van der Waals surface area contributed by atoms with Gasteiger partial charge >= 0.3 is 0 Å². The molecule has 0 spiro atoms. The molecule has 1 aromatic carbocycles. The highest BCUT2D eigenvalue weighted by Crippen LogP contribution is 2.35. The summed E-state index contributed by atoms with van der Waals surface area (Å²) >= 11 is 1.88. The van der Waals surface area contributed by atoms with Crippen LogP contribution in [0.1, 0.15) is 46.4 Å². The fourth-order valence-electron chi connectivity index (χ4n) is 1.94. The van der Waals surface area contributed by atoms with Crippen molar-refractivity contribution >= 4 is 11.3 Å². The number of thiophene rings is 1. The number of ether oxygens (including phenoxy) is 1. The van der Waals surface area contributed by atoms with Crippen molar-refractivity contribution in [2.45, 2.75) is 53.1 Å². The molecule has 1 nitrogen and oxygen atoms in total. The molecule has 2 heteroatoms. The number of benzene rings is 1. The van der Waals surface area contributed by atoms with E-state index in [2.05, 4.69) is 77.9 Å². The van der Waals surface area contributed by atoms with Crippen molar-refractivity contribution in [1.82, 2.24) is 0 Å². The van der Waals surface area contributed by atoms with Crippen molar-refractivity contribution in [3.63, 3.8) is 0 Å². The van der Waals surface area contributed by atoms with Crippen molar-refractivity contribution in [1.29, 1.82) is 0 Å². The summed E-state index contributed by atoms with van der Waals surface area (Å²) < 4.78 is 5.93. The molecule has 2 aromatic rings. The van der Waals surface area contributed by atoms with Crippen molar-refractivity contribution in [3.8, 4) is 16.2 Å². The molecule has 0 bridgehead atoms. The lowest BCUT2D eigenvalue weighted by atomic mass is 9.95. The predicted octanol–water partition coefficient (Wildman–Crippen LogP) is 6.14. The van der Waals surface area contributed by atoms with E-state index >= 15 is 0 Å². The number of rotatable bonds is 4. The second kappa shape index (κ2) is 6.23. The third-order valence-corrected chi connectivity index (χ3v) is 5.30. The monoisotopic (exact) mass is 302 g/mol. The normalized spacial score (nSPS) is 13.5. The van der Waals surface area contributed by atoms with Crippen LogP contribution in [-0.4, -0.2) is 6.10 Å². The molecular formula is C19H26OS. The van der Waals surface area contributed by atoms with Gasteiger partial charge in [-0.15, -0.1) is 11.3 Å². The molecule has 0 aliphatic carbocycles. The van der Waals surface area contributed by atoms with E-state index in [1.54, 1.807) is 0 Å². The van der Waals surface area contributed by atoms with Gasteiger partial charge in [-0.3, -0.25) is 0 Å². The van der Waals surface area contributed by atoms with E-state index in [-0.39, 0.29) is 11.5 Å². The first-order valence-corrected chi connectivity index (χ1v) is 8.46. The van der Waals surface area contributed by atoms with Gasteiger partial charge in [0.2, 0.25) is 0 Å². The molecule has 0 radical (unpaired) electrons. The minimum Gasteiger partial charge on any atom is -0.490 e. The quantitative estimate of drug-likeness (QED) is 0.659. The largest absolute Gasteiger partial charge is 0.490 e. The summed E-state index contributed by atoms with van der Waals surface area (Å²) in [7, 11) is 0. The molecule has 1 atom stereocenters. The second-order valence-electron chi connectivity index (χ2n) is 7.01. The molecule has 114 valence electrons. The Morgan fingerprint density at radius 1 is 0.905 bits per heavy atom. The molecule has 0 saturated heterocycles. The Morgan fingerprint density at radius 2 is 1.52 bits per heavy atom. The molecule has 0 aliphatic rings. The summed E-state index contributed by atoms with van der Waals surface area (Å²) in [6.45, 7) is 13.2. The summed E-state index contributed by atoms with van der Waals surface area (Å²) in [4.78, 5) is 2.75. The Kier molecular flexibility index (Phi) is 4.77. The zero-order valence-electron chi connectivity index (χ0n) is 13.9. The Bertz CT molecular complexity index is 572. The summed E-state index contributed by atoms with van der Waals surface area (Å²) in [5.74, 6) is 1.48. The van der Waals surface area contributed by atoms with Crippen LogP contribution in [0.15, 0.2) is 36.4 Å². The average Bonchev–Trinajstić information content (AvgIpc) is 2.89. The van der Waals surface area contributed by atoms with E-state index < -0.39 is 0 Å². The Hall–Kier alpha value is -1.28. The summed E-state index contributed by atoms with van der Waals surface area (Å²) in [6, 6.07) is 12.9. The maximum absolute atomic E-state index is 5.93. The number of hydrogen-bond donors (Lipinski definition) is 0. The van der Waals surface area contributed by atoms with E-state index in [0.717, 1.165) is 5.75 Å². The van der Waals surface area contributed by atoms with Crippen molar-refractivity contribution in [2.75, 3.05) is 0 Å². The minimum absolute atomic E-state index is 0.221. The van der Waals surface area contributed by atoms with Gasteiger partial charge in [-0.1, -0.05) is 34.6 Å². The first-order valence-electron chi connectivity index (χ1n) is 7.65. The zero-order chi connectivity index (χ0) is 15.6. The fourth-order valence-corrected chi connectivity index (χ4v) is 3.01. The van der Waals surface area contributed by atoms with E-state index in [1.165, 1.54) is 15.3 Å². The van der Waals surface area contributed by atoms with Crippen LogP contribution in [0.5, 0.6) is 5.75 Å². The van der Waals surface area contributed by atoms with Crippen LogP contribution in [0.2, 0.25) is 0 Å². The fraction of sp³-hybridized carbons (Fsp3) is 0.474. The summed E-state index contributed by atoms with van der Waals surface area (Å²) in [5, 5.41) is 0. The molecule has 0 amide bonds. The molecule has 1 heterocycles. The van der Waals surface area contributed by atoms with Crippen LogP contribution in [-0.2, 0) is 5.41 Å². The van der Waals surface area contributed by atoms with Gasteiger partial charge in [-0.2, -0.15) is 0 Å². The van der Waals surface area contributed by atoms with Crippen LogP contribution in [0.4, 0.5) is 0 Å². The van der Waals surface area contributed by atoms with Crippen LogP contribution in [0.3, 0.4) is 0 Å². The zero-order valence-corrected chi connectivity index (χ0v) is 14.8. The van der Waals surface area contributed by atoms with E-state index in [4.69, 9.17) is 4.74 Å². The lowest BCUT2D eigenvalue weighted by Gasteiger charge is -2.18. The van der Waals surface area contributed by atoms with Gasteiger partial charge in [0, 0.05) is 9.75 Å². The Morgan fingerprint density at radius 3 is 2.00 bits per heavy atom. The molecular weight excluding hydrogens is 276 g/mol. The number of hydrogen-bond acceptors (Lipinski definition) is 2. The molecule has 0 saturated carbocycles. The SMILES string of the molecule is CC(C)[C@H](C)Oc1ccc(-c2ccc(C(C)(C)C)s2)cc1. The van der Waals surface area contributed by atoms with E-state index in [0.29, 0.717) is 5.92 Å². The van der Waals surface area contributed by atoms with Crippen LogP contribution in [0, 0.1) is 5.92 Å². The van der Waals surface area contributed by atoms with E-state index in [9.17, 15) is 0 Å². The smallest absolute Gasteiger partial charge is 0.119 e. The first-order chi connectivity index (χ1) is 9.77. The standard InChI is InChI=1S/C19H26OS/c1-13(2)14(3)20-16-9-7-15(8-10-16)17-11-12-18(21-17)19(4,5)6/h7-14H,1-6H3/t14-/m0/s1. The summed E-state index contributed by atoms with van der Waals surface area (Å²) in [6.07, 6.45) is 0.241. The van der Waals surface area contributed by atoms with Crippen LogP contribution >= 0.6 is 11.3 Å². The third-order valence-electron chi connectivity index (χ3n) is 3.74. The molecule has 0 N–H and O–H groups in total. The van der Waals surface area contributed by atoms with Gasteiger partial charge in [0.05, 0.1) is 6.10 Å². The van der Waals surface area contributed by atoms with Crippen molar-refractivity contribution in [2.24, 2.45) is 5.92 Å². The molecule has 2 rings (SSSR count). The third kappa shape index (κ3) is 4.10. The molecule has 0 aliphatic heterocycles. The highest BCUT2D eigenvalue weighted by Gasteiger charge is 2.16. The molecule has 0 fully saturated rings. The lowest BCUT2D eigenvalue weighted by Crippen LogP contribution is -2.18. The summed E-state index contributed by atoms with van der Waals surface area (Å²) in [5.41, 5.74) is 1.48. The Balaban J connectivity index is 2.14. The average molecular weight is 302 g/mol. The first kappa shape index (κ1) is 16.1. The maximum atomic E-state index is 5.93. The van der Waals surface area contributed by atoms with E-state index in [1.807, 2.05) is 11.3 Å². The topological polar surface area (TPSA) is 9.23 Å². The van der Waals surface area contributed by atoms with Crippen molar-refractivity contribution < 1.29 is 4.74 Å². The highest BCUT2D eigenvalue weighted by atomic mass is 32.1. The lowest BCUT2D eigenvalue weighted by molar-refractivity contribution is 0.170. The molecule has 0 unspecified atom stereocenters. The predicted molar refractivity (Wildman–Crippen MR) is 93.4 cm³/mol. The van der Waals surface area contributed by atoms with Gasteiger partial charge in [0.25, 0.3) is 0 Å². The minimum atomic E-state index is 0.221. The van der Waals surface area contributed by atoms with Gasteiger partial charge in [-0.25, -0.2) is 0 Å². The molecule has 1 aromatic heterocycles. The molecule has 21 heavy (non-hydrogen) atoms. The van der Waals surface area contributed by atoms with Crippen LogP contribution in [0.25, 0.3) is 10.4 Å². The van der Waals surface area contributed by atoms with Crippen molar-refractivity contribution in [3.05, 3.63) is 41.3 Å². The van der Waals surface area contributed by atoms with Gasteiger partial charge in [0.1, 0.15) is 5.75 Å². The van der Waals surface area contributed by atoms with Gasteiger partial charge in [-0.05, 0) is 60.2 Å². The maximum Gasteiger partial charge on any atom is 0.119 e. The van der Waals surface area contributed by atoms with Gasteiger partial charge in [0.15, 0.2) is 0 Å². The van der Waals surface area contributed by atoms with Crippen LogP contribution < -0.4 is 4.74 Å². The van der Waals surface area contributed by atoms with Gasteiger partial charge < -0.3 is 4.74 Å².